The third kappa shape index (κ3) is 3.48. The monoisotopic (exact) mass is 257 g/mol. The lowest BCUT2D eigenvalue weighted by Gasteiger charge is -2.09. The number of methoxy groups -OCH3 is 1. The summed E-state index contributed by atoms with van der Waals surface area (Å²) in [6, 6.07) is 6.08. The van der Waals surface area contributed by atoms with Gasteiger partial charge < -0.3 is 4.74 Å². The molecular formula is C12H10F3NO2. The smallest absolute Gasteiger partial charge is 0.416 e. The predicted octanol–water partition coefficient (Wildman–Crippen LogP) is 2.56. The van der Waals surface area contributed by atoms with Crippen molar-refractivity contribution in [2.24, 2.45) is 5.92 Å². The third-order valence-corrected chi connectivity index (χ3v) is 2.36. The van der Waals surface area contributed by atoms with Crippen molar-refractivity contribution < 1.29 is 22.7 Å². The summed E-state index contributed by atoms with van der Waals surface area (Å²) in [6.45, 7) is 0. The van der Waals surface area contributed by atoms with E-state index in [0.717, 1.165) is 19.2 Å². The lowest BCUT2D eigenvalue weighted by Crippen LogP contribution is -2.17. The van der Waals surface area contributed by atoms with E-state index in [0.29, 0.717) is 5.56 Å². The van der Waals surface area contributed by atoms with Crippen LogP contribution in [0, 0.1) is 17.2 Å². The van der Waals surface area contributed by atoms with Crippen LogP contribution in [0.1, 0.15) is 11.1 Å². The zero-order valence-corrected chi connectivity index (χ0v) is 9.49. The maximum atomic E-state index is 12.3. The number of nitrogens with zero attached hydrogens (tertiary/aromatic N) is 1. The summed E-state index contributed by atoms with van der Waals surface area (Å²) < 4.78 is 41.3. The molecule has 6 heteroatoms. The fourth-order valence-electron chi connectivity index (χ4n) is 1.39. The number of rotatable bonds is 3. The normalized spacial score (nSPS) is 12.6. The zero-order valence-electron chi connectivity index (χ0n) is 9.49. The first-order valence-electron chi connectivity index (χ1n) is 5.02. The first kappa shape index (κ1) is 14.0. The van der Waals surface area contributed by atoms with Crippen LogP contribution in [-0.2, 0) is 22.1 Å². The van der Waals surface area contributed by atoms with E-state index < -0.39 is 23.6 Å². The van der Waals surface area contributed by atoms with Gasteiger partial charge in [0.2, 0.25) is 0 Å². The zero-order chi connectivity index (χ0) is 13.8. The Kier molecular flexibility index (Phi) is 4.32. The molecular weight excluding hydrogens is 247 g/mol. The number of nitriles is 1. The van der Waals surface area contributed by atoms with E-state index in [4.69, 9.17) is 5.26 Å². The molecule has 0 aromatic heterocycles. The molecule has 96 valence electrons. The molecule has 0 spiro atoms. The van der Waals surface area contributed by atoms with Crippen molar-refractivity contribution in [2.75, 3.05) is 7.11 Å². The van der Waals surface area contributed by atoms with Gasteiger partial charge in [0.05, 0.1) is 18.7 Å². The summed E-state index contributed by atoms with van der Waals surface area (Å²) in [5.74, 6) is -1.70. The van der Waals surface area contributed by atoms with E-state index in [2.05, 4.69) is 4.74 Å². The quantitative estimate of drug-likeness (QED) is 0.782. The van der Waals surface area contributed by atoms with Crippen LogP contribution in [0.5, 0.6) is 0 Å². The number of ether oxygens (including phenoxy) is 1. The number of benzene rings is 1. The molecule has 0 aliphatic rings. The van der Waals surface area contributed by atoms with Crippen LogP contribution in [0.2, 0.25) is 0 Å². The van der Waals surface area contributed by atoms with Gasteiger partial charge in [-0.2, -0.15) is 18.4 Å². The fraction of sp³-hybridized carbons (Fsp3) is 0.333. The summed E-state index contributed by atoms with van der Waals surface area (Å²) in [7, 11) is 1.15. The summed E-state index contributed by atoms with van der Waals surface area (Å²) >= 11 is 0. The number of halogens is 3. The highest BCUT2D eigenvalue weighted by atomic mass is 19.4. The van der Waals surface area contributed by atoms with Crippen molar-refractivity contribution in [3.63, 3.8) is 0 Å². The van der Waals surface area contributed by atoms with E-state index >= 15 is 0 Å². The molecule has 18 heavy (non-hydrogen) atoms. The van der Waals surface area contributed by atoms with Crippen molar-refractivity contribution in [3.8, 4) is 6.07 Å². The highest BCUT2D eigenvalue weighted by molar-refractivity contribution is 5.75. The van der Waals surface area contributed by atoms with Crippen LogP contribution < -0.4 is 0 Å². The predicted molar refractivity (Wildman–Crippen MR) is 56.3 cm³/mol. The Morgan fingerprint density at radius 1 is 1.39 bits per heavy atom. The van der Waals surface area contributed by atoms with Crippen molar-refractivity contribution in [2.45, 2.75) is 12.6 Å². The second kappa shape index (κ2) is 5.54. The molecule has 1 aromatic carbocycles. The molecule has 1 rings (SSSR count). The molecule has 0 aliphatic carbocycles. The Hall–Kier alpha value is -2.03. The number of carbonyl (C=O) groups excluding carboxylic acids is 1. The van der Waals surface area contributed by atoms with Gasteiger partial charge in [0.1, 0.15) is 5.92 Å². The van der Waals surface area contributed by atoms with Gasteiger partial charge in [-0.25, -0.2) is 0 Å². The van der Waals surface area contributed by atoms with E-state index in [-0.39, 0.29) is 6.42 Å². The number of esters is 1. The largest absolute Gasteiger partial charge is 0.468 e. The van der Waals surface area contributed by atoms with Crippen LogP contribution in [0.4, 0.5) is 13.2 Å². The van der Waals surface area contributed by atoms with Gasteiger partial charge in [-0.15, -0.1) is 0 Å². The first-order valence-corrected chi connectivity index (χ1v) is 5.02. The Labute approximate surface area is 102 Å². The molecule has 0 heterocycles. The molecule has 0 amide bonds. The number of hydrogen-bond acceptors (Lipinski definition) is 3. The third-order valence-electron chi connectivity index (χ3n) is 2.36. The Balaban J connectivity index is 2.81. The molecule has 1 aromatic rings. The molecule has 0 fully saturated rings. The molecule has 0 aliphatic heterocycles. The Bertz CT molecular complexity index is 460. The van der Waals surface area contributed by atoms with Gasteiger partial charge in [0.15, 0.2) is 0 Å². The summed E-state index contributed by atoms with van der Waals surface area (Å²) in [6.07, 6.45) is -4.36. The molecule has 0 saturated carbocycles. The lowest BCUT2D eigenvalue weighted by atomic mass is 10.00. The summed E-state index contributed by atoms with van der Waals surface area (Å²) in [5, 5.41) is 8.74. The van der Waals surface area contributed by atoms with Crippen LogP contribution in [0.25, 0.3) is 0 Å². The maximum absolute atomic E-state index is 12.3. The second-order valence-corrected chi connectivity index (χ2v) is 3.60. The second-order valence-electron chi connectivity index (χ2n) is 3.60. The van der Waals surface area contributed by atoms with E-state index in [9.17, 15) is 18.0 Å². The van der Waals surface area contributed by atoms with Gasteiger partial charge >= 0.3 is 12.1 Å². The van der Waals surface area contributed by atoms with Crippen LogP contribution in [-0.4, -0.2) is 13.1 Å². The molecule has 0 N–H and O–H groups in total. The number of carbonyl (C=O) groups is 1. The van der Waals surface area contributed by atoms with Crippen molar-refractivity contribution in [1.82, 2.24) is 0 Å². The van der Waals surface area contributed by atoms with Gasteiger partial charge in [-0.05, 0) is 24.1 Å². The first-order chi connectivity index (χ1) is 8.38. The highest BCUT2D eigenvalue weighted by Gasteiger charge is 2.30. The molecule has 0 saturated heterocycles. The van der Waals surface area contributed by atoms with E-state index in [1.807, 2.05) is 0 Å². The van der Waals surface area contributed by atoms with Gasteiger partial charge in [-0.1, -0.05) is 12.1 Å². The van der Waals surface area contributed by atoms with Crippen molar-refractivity contribution >= 4 is 5.97 Å². The molecule has 1 unspecified atom stereocenters. The standard InChI is InChI=1S/C12H10F3NO2/c1-18-11(17)9(7-16)6-8-2-4-10(5-3-8)12(13,14)15/h2-5,9H,6H2,1H3. The van der Waals surface area contributed by atoms with Crippen LogP contribution in [0.3, 0.4) is 0 Å². The number of hydrogen-bond donors (Lipinski definition) is 0. The highest BCUT2D eigenvalue weighted by Crippen LogP contribution is 2.29. The SMILES string of the molecule is COC(=O)C(C#N)Cc1ccc(C(F)(F)F)cc1. The minimum atomic E-state index is -4.39. The van der Waals surface area contributed by atoms with Crippen LogP contribution in [0.15, 0.2) is 24.3 Å². The Morgan fingerprint density at radius 2 is 1.94 bits per heavy atom. The average Bonchev–Trinajstić information content (AvgIpc) is 2.34. The van der Waals surface area contributed by atoms with Gasteiger partial charge in [-0.3, -0.25) is 4.79 Å². The minimum absolute atomic E-state index is 0.0291. The maximum Gasteiger partial charge on any atom is 0.416 e. The van der Waals surface area contributed by atoms with Crippen molar-refractivity contribution in [3.05, 3.63) is 35.4 Å². The summed E-state index contributed by atoms with van der Waals surface area (Å²) in [5.41, 5.74) is -0.294. The summed E-state index contributed by atoms with van der Waals surface area (Å²) in [4.78, 5) is 11.1. The molecule has 3 nitrogen and oxygen atoms in total. The lowest BCUT2D eigenvalue weighted by molar-refractivity contribution is -0.143. The molecule has 1 atom stereocenters. The Morgan fingerprint density at radius 3 is 2.33 bits per heavy atom. The topological polar surface area (TPSA) is 50.1 Å². The molecule has 0 bridgehead atoms. The van der Waals surface area contributed by atoms with Gasteiger partial charge in [0.25, 0.3) is 0 Å². The van der Waals surface area contributed by atoms with E-state index in [1.165, 1.54) is 12.1 Å². The van der Waals surface area contributed by atoms with Gasteiger partial charge in [0, 0.05) is 0 Å². The fourth-order valence-corrected chi connectivity index (χ4v) is 1.39. The molecule has 0 radical (unpaired) electrons. The minimum Gasteiger partial charge on any atom is -0.468 e. The van der Waals surface area contributed by atoms with Crippen LogP contribution >= 0.6 is 0 Å². The van der Waals surface area contributed by atoms with E-state index in [1.54, 1.807) is 6.07 Å². The van der Waals surface area contributed by atoms with Crippen molar-refractivity contribution in [1.29, 1.82) is 5.26 Å². The number of alkyl halides is 3. The average molecular weight is 257 g/mol.